The van der Waals surface area contributed by atoms with Crippen molar-refractivity contribution in [3.63, 3.8) is 0 Å². The Bertz CT molecular complexity index is 479. The molecule has 0 aliphatic carbocycles. The van der Waals surface area contributed by atoms with Crippen molar-refractivity contribution in [1.82, 2.24) is 10.2 Å². The summed E-state index contributed by atoms with van der Waals surface area (Å²) in [6.07, 6.45) is 0.968. The van der Waals surface area contributed by atoms with E-state index in [0.717, 1.165) is 43.7 Å². The third kappa shape index (κ3) is 5.73. The molecule has 1 aliphatic rings. The Morgan fingerprint density at radius 1 is 1.38 bits per heavy atom. The SMILES string of the molecule is O=C(Cc1cc(Br)ccc1F)NCCCN1CCOCC1. The van der Waals surface area contributed by atoms with Crippen molar-refractivity contribution in [3.8, 4) is 0 Å². The first-order valence-electron chi connectivity index (χ1n) is 7.16. The van der Waals surface area contributed by atoms with Gasteiger partial charge in [-0.25, -0.2) is 4.39 Å². The highest BCUT2D eigenvalue weighted by Gasteiger charge is 2.11. The average molecular weight is 359 g/mol. The molecule has 2 rings (SSSR count). The van der Waals surface area contributed by atoms with E-state index in [9.17, 15) is 9.18 Å². The summed E-state index contributed by atoms with van der Waals surface area (Å²) in [6.45, 7) is 5.05. The summed E-state index contributed by atoms with van der Waals surface area (Å²) in [5.74, 6) is -0.490. The summed E-state index contributed by atoms with van der Waals surface area (Å²) in [4.78, 5) is 14.1. The second-order valence-corrected chi connectivity index (χ2v) is 5.99. The number of amides is 1. The fourth-order valence-electron chi connectivity index (χ4n) is 2.27. The third-order valence-electron chi connectivity index (χ3n) is 3.44. The molecule has 0 radical (unpaired) electrons. The van der Waals surface area contributed by atoms with Crippen LogP contribution in [0.3, 0.4) is 0 Å². The summed E-state index contributed by atoms with van der Waals surface area (Å²) >= 11 is 3.28. The zero-order valence-electron chi connectivity index (χ0n) is 11.9. The molecule has 1 saturated heterocycles. The maximum Gasteiger partial charge on any atom is 0.224 e. The smallest absolute Gasteiger partial charge is 0.224 e. The first kappa shape index (κ1) is 16.4. The van der Waals surface area contributed by atoms with E-state index < -0.39 is 0 Å². The van der Waals surface area contributed by atoms with Crippen LogP contribution in [0, 0.1) is 5.82 Å². The highest BCUT2D eigenvalue weighted by atomic mass is 79.9. The van der Waals surface area contributed by atoms with Gasteiger partial charge in [0.1, 0.15) is 5.82 Å². The molecule has 1 aromatic carbocycles. The fourth-order valence-corrected chi connectivity index (χ4v) is 2.68. The Hall–Kier alpha value is -0.980. The Morgan fingerprint density at radius 3 is 2.90 bits per heavy atom. The van der Waals surface area contributed by atoms with Crippen molar-refractivity contribution in [1.29, 1.82) is 0 Å². The van der Waals surface area contributed by atoms with E-state index in [-0.39, 0.29) is 18.1 Å². The molecule has 0 bridgehead atoms. The topological polar surface area (TPSA) is 41.6 Å². The van der Waals surface area contributed by atoms with Gasteiger partial charge in [0, 0.05) is 24.1 Å². The van der Waals surface area contributed by atoms with Crippen LogP contribution in [0.4, 0.5) is 4.39 Å². The van der Waals surface area contributed by atoms with E-state index in [0.29, 0.717) is 12.1 Å². The van der Waals surface area contributed by atoms with Gasteiger partial charge in [0.15, 0.2) is 0 Å². The second kappa shape index (κ2) is 8.46. The van der Waals surface area contributed by atoms with E-state index in [1.54, 1.807) is 12.1 Å². The number of halogens is 2. The predicted octanol–water partition coefficient (Wildman–Crippen LogP) is 1.97. The van der Waals surface area contributed by atoms with Gasteiger partial charge >= 0.3 is 0 Å². The van der Waals surface area contributed by atoms with Crippen LogP contribution in [0.5, 0.6) is 0 Å². The average Bonchev–Trinajstić information content (AvgIpc) is 2.48. The molecule has 116 valence electrons. The van der Waals surface area contributed by atoms with Crippen molar-refractivity contribution in [3.05, 3.63) is 34.1 Å². The number of carbonyl (C=O) groups is 1. The Morgan fingerprint density at radius 2 is 2.14 bits per heavy atom. The Kier molecular flexibility index (Phi) is 6.60. The molecule has 0 atom stereocenters. The van der Waals surface area contributed by atoms with Crippen LogP contribution < -0.4 is 5.32 Å². The summed E-state index contributed by atoms with van der Waals surface area (Å²) in [5, 5.41) is 2.84. The van der Waals surface area contributed by atoms with E-state index >= 15 is 0 Å². The van der Waals surface area contributed by atoms with Crippen LogP contribution in [-0.2, 0) is 16.0 Å². The summed E-state index contributed by atoms with van der Waals surface area (Å²) < 4.78 is 19.6. The van der Waals surface area contributed by atoms with Crippen LogP contribution in [-0.4, -0.2) is 50.2 Å². The van der Waals surface area contributed by atoms with Gasteiger partial charge in [0.25, 0.3) is 0 Å². The molecule has 1 heterocycles. The minimum atomic E-state index is -0.346. The maximum atomic E-state index is 13.5. The minimum Gasteiger partial charge on any atom is -0.379 e. The third-order valence-corrected chi connectivity index (χ3v) is 3.93. The van der Waals surface area contributed by atoms with Gasteiger partial charge in [-0.15, -0.1) is 0 Å². The number of carbonyl (C=O) groups excluding carboxylic acids is 1. The zero-order valence-corrected chi connectivity index (χ0v) is 13.5. The van der Waals surface area contributed by atoms with Crippen LogP contribution in [0.25, 0.3) is 0 Å². The highest BCUT2D eigenvalue weighted by molar-refractivity contribution is 9.10. The number of nitrogens with one attached hydrogen (secondary N) is 1. The van der Waals surface area contributed by atoms with Crippen LogP contribution in [0.2, 0.25) is 0 Å². The van der Waals surface area contributed by atoms with Gasteiger partial charge in [-0.3, -0.25) is 9.69 Å². The lowest BCUT2D eigenvalue weighted by molar-refractivity contribution is -0.120. The van der Waals surface area contributed by atoms with Crippen molar-refractivity contribution < 1.29 is 13.9 Å². The quantitative estimate of drug-likeness (QED) is 0.790. The normalized spacial score (nSPS) is 15.9. The number of morpholine rings is 1. The Labute approximate surface area is 132 Å². The molecule has 21 heavy (non-hydrogen) atoms. The van der Waals surface area contributed by atoms with Gasteiger partial charge in [-0.2, -0.15) is 0 Å². The first-order valence-corrected chi connectivity index (χ1v) is 7.95. The largest absolute Gasteiger partial charge is 0.379 e. The minimum absolute atomic E-state index is 0.0722. The molecule has 1 aliphatic heterocycles. The number of benzene rings is 1. The number of hydrogen-bond acceptors (Lipinski definition) is 3. The van der Waals surface area contributed by atoms with Crippen molar-refractivity contribution in [2.24, 2.45) is 0 Å². The summed E-state index contributed by atoms with van der Waals surface area (Å²) in [5.41, 5.74) is 0.412. The monoisotopic (exact) mass is 358 g/mol. The number of rotatable bonds is 6. The summed E-state index contributed by atoms with van der Waals surface area (Å²) in [7, 11) is 0. The van der Waals surface area contributed by atoms with Crippen LogP contribution >= 0.6 is 15.9 Å². The molecule has 1 aromatic rings. The van der Waals surface area contributed by atoms with E-state index in [1.807, 2.05) is 0 Å². The van der Waals surface area contributed by atoms with Gasteiger partial charge in [0.05, 0.1) is 19.6 Å². The zero-order chi connectivity index (χ0) is 15.1. The van der Waals surface area contributed by atoms with Gasteiger partial charge in [0.2, 0.25) is 5.91 Å². The van der Waals surface area contributed by atoms with E-state index in [4.69, 9.17) is 4.74 Å². The molecule has 1 N–H and O–H groups in total. The first-order chi connectivity index (χ1) is 10.1. The number of hydrogen-bond donors (Lipinski definition) is 1. The van der Waals surface area contributed by atoms with Gasteiger partial charge < -0.3 is 10.1 Å². The highest BCUT2D eigenvalue weighted by Crippen LogP contribution is 2.15. The summed E-state index contributed by atoms with van der Waals surface area (Å²) in [6, 6.07) is 4.63. The molecule has 0 aromatic heterocycles. The molecule has 0 saturated carbocycles. The number of ether oxygens (including phenoxy) is 1. The molecule has 1 fully saturated rings. The molecule has 4 nitrogen and oxygen atoms in total. The van der Waals surface area contributed by atoms with Gasteiger partial charge in [-0.05, 0) is 36.7 Å². The number of nitrogens with zero attached hydrogens (tertiary/aromatic N) is 1. The van der Waals surface area contributed by atoms with Crippen molar-refractivity contribution >= 4 is 21.8 Å². The maximum absolute atomic E-state index is 13.5. The van der Waals surface area contributed by atoms with Crippen molar-refractivity contribution in [2.75, 3.05) is 39.4 Å². The molecule has 6 heteroatoms. The fraction of sp³-hybridized carbons (Fsp3) is 0.533. The lowest BCUT2D eigenvalue weighted by Crippen LogP contribution is -2.38. The molecule has 0 unspecified atom stereocenters. The molecule has 1 amide bonds. The Balaban J connectivity index is 1.66. The standard InChI is InChI=1S/C15H20BrFN2O2/c16-13-2-3-14(17)12(10-13)11-15(20)18-4-1-5-19-6-8-21-9-7-19/h2-3,10H,1,4-9,11H2,(H,18,20). The lowest BCUT2D eigenvalue weighted by Gasteiger charge is -2.26. The van der Waals surface area contributed by atoms with Crippen molar-refractivity contribution in [2.45, 2.75) is 12.8 Å². The van der Waals surface area contributed by atoms with Crippen LogP contribution in [0.15, 0.2) is 22.7 Å². The molecular weight excluding hydrogens is 339 g/mol. The predicted molar refractivity (Wildman–Crippen MR) is 82.7 cm³/mol. The molecule has 0 spiro atoms. The van der Waals surface area contributed by atoms with Crippen LogP contribution in [0.1, 0.15) is 12.0 Å². The van der Waals surface area contributed by atoms with E-state index in [1.165, 1.54) is 6.07 Å². The molecular formula is C15H20BrFN2O2. The van der Waals surface area contributed by atoms with E-state index in [2.05, 4.69) is 26.1 Å². The second-order valence-electron chi connectivity index (χ2n) is 5.07. The van der Waals surface area contributed by atoms with Gasteiger partial charge in [-0.1, -0.05) is 15.9 Å². The lowest BCUT2D eigenvalue weighted by atomic mass is 10.1.